The molecule has 0 radical (unpaired) electrons. The maximum Gasteiger partial charge on any atom is 0.216 e. The average Bonchev–Trinajstić information content (AvgIpc) is 2.97. The fourth-order valence-corrected chi connectivity index (χ4v) is 2.65. The molecule has 0 bridgehead atoms. The zero-order valence-corrected chi connectivity index (χ0v) is 14.9. The molecule has 0 saturated carbocycles. The standard InChI is InChI=1S/C17H15ClN4O2S/c1-2-24-14-9-5-6-11(15(14)23)10-19-22-16(20-21-17(22)25)12-7-3-4-8-13(12)18/h3-10,23H,2H2,1H3,(H,21,25)/b19-10+. The summed E-state index contributed by atoms with van der Waals surface area (Å²) in [7, 11) is 0. The second-order valence-electron chi connectivity index (χ2n) is 5.02. The molecule has 3 rings (SSSR count). The summed E-state index contributed by atoms with van der Waals surface area (Å²) in [6, 6.07) is 12.5. The van der Waals surface area contributed by atoms with Gasteiger partial charge < -0.3 is 9.84 Å². The van der Waals surface area contributed by atoms with Crippen LogP contribution >= 0.6 is 23.8 Å². The van der Waals surface area contributed by atoms with E-state index >= 15 is 0 Å². The summed E-state index contributed by atoms with van der Waals surface area (Å²) in [4.78, 5) is 0. The second-order valence-corrected chi connectivity index (χ2v) is 5.81. The Labute approximate surface area is 154 Å². The number of para-hydroxylation sites is 1. The van der Waals surface area contributed by atoms with Crippen LogP contribution in [0.5, 0.6) is 11.5 Å². The lowest BCUT2D eigenvalue weighted by atomic mass is 10.2. The number of nitrogens with one attached hydrogen (secondary N) is 1. The molecule has 0 fully saturated rings. The van der Waals surface area contributed by atoms with E-state index in [9.17, 15) is 5.11 Å². The van der Waals surface area contributed by atoms with Gasteiger partial charge in [-0.05, 0) is 43.4 Å². The molecule has 25 heavy (non-hydrogen) atoms. The molecule has 2 N–H and O–H groups in total. The normalized spacial score (nSPS) is 11.1. The van der Waals surface area contributed by atoms with E-state index in [0.717, 1.165) is 0 Å². The van der Waals surface area contributed by atoms with Gasteiger partial charge in [-0.15, -0.1) is 0 Å². The Morgan fingerprint density at radius 3 is 2.88 bits per heavy atom. The van der Waals surface area contributed by atoms with Gasteiger partial charge in [0.05, 0.1) is 17.8 Å². The van der Waals surface area contributed by atoms with Crippen LogP contribution in [-0.4, -0.2) is 32.8 Å². The van der Waals surface area contributed by atoms with Gasteiger partial charge in [-0.25, -0.2) is 5.10 Å². The Morgan fingerprint density at radius 2 is 2.12 bits per heavy atom. The molecule has 0 saturated heterocycles. The number of phenolic OH excluding ortho intramolecular Hbond substituents is 1. The van der Waals surface area contributed by atoms with Crippen molar-refractivity contribution in [3.8, 4) is 22.9 Å². The summed E-state index contributed by atoms with van der Waals surface area (Å²) in [5, 5.41) is 22.0. The first-order valence-corrected chi connectivity index (χ1v) is 8.32. The van der Waals surface area contributed by atoms with E-state index in [-0.39, 0.29) is 5.75 Å². The highest BCUT2D eigenvalue weighted by molar-refractivity contribution is 7.71. The van der Waals surface area contributed by atoms with Gasteiger partial charge in [-0.2, -0.15) is 14.9 Å². The van der Waals surface area contributed by atoms with Crippen LogP contribution in [0.1, 0.15) is 12.5 Å². The van der Waals surface area contributed by atoms with Gasteiger partial charge in [-0.1, -0.05) is 29.8 Å². The second kappa shape index (κ2) is 7.50. The Morgan fingerprint density at radius 1 is 1.32 bits per heavy atom. The van der Waals surface area contributed by atoms with E-state index in [0.29, 0.717) is 39.1 Å². The fraction of sp³-hybridized carbons (Fsp3) is 0.118. The Hall–Kier alpha value is -2.64. The van der Waals surface area contributed by atoms with Crippen molar-refractivity contribution in [2.75, 3.05) is 6.61 Å². The van der Waals surface area contributed by atoms with E-state index in [4.69, 9.17) is 28.6 Å². The molecule has 0 aliphatic carbocycles. The lowest BCUT2D eigenvalue weighted by molar-refractivity contribution is 0.318. The Balaban J connectivity index is 2.01. The minimum Gasteiger partial charge on any atom is -0.504 e. The largest absolute Gasteiger partial charge is 0.504 e. The number of hydrogen-bond acceptors (Lipinski definition) is 5. The van der Waals surface area contributed by atoms with Crippen LogP contribution in [0.4, 0.5) is 0 Å². The first-order valence-electron chi connectivity index (χ1n) is 7.53. The molecular weight excluding hydrogens is 360 g/mol. The number of aromatic hydroxyl groups is 1. The van der Waals surface area contributed by atoms with Crippen LogP contribution in [0.25, 0.3) is 11.4 Å². The number of ether oxygens (including phenoxy) is 1. The molecular formula is C17H15ClN4O2S. The van der Waals surface area contributed by atoms with Gasteiger partial charge in [0.2, 0.25) is 4.77 Å². The Bertz CT molecular complexity index is 981. The number of benzene rings is 2. The first-order chi connectivity index (χ1) is 12.1. The topological polar surface area (TPSA) is 75.4 Å². The van der Waals surface area contributed by atoms with Crippen molar-refractivity contribution in [2.24, 2.45) is 5.10 Å². The molecule has 2 aromatic carbocycles. The van der Waals surface area contributed by atoms with Crippen LogP contribution in [-0.2, 0) is 0 Å². The number of aromatic amines is 1. The third-order valence-corrected chi connectivity index (χ3v) is 4.00. The van der Waals surface area contributed by atoms with E-state index in [2.05, 4.69) is 15.3 Å². The van der Waals surface area contributed by atoms with Crippen molar-refractivity contribution >= 4 is 30.0 Å². The van der Waals surface area contributed by atoms with E-state index < -0.39 is 0 Å². The van der Waals surface area contributed by atoms with Gasteiger partial charge in [-0.3, -0.25) is 0 Å². The predicted molar refractivity (Wildman–Crippen MR) is 100 cm³/mol. The predicted octanol–water partition coefficient (Wildman–Crippen LogP) is 4.25. The molecule has 0 unspecified atom stereocenters. The molecule has 6 nitrogen and oxygen atoms in total. The minimum absolute atomic E-state index is 0.0161. The van der Waals surface area contributed by atoms with Crippen molar-refractivity contribution in [2.45, 2.75) is 6.92 Å². The van der Waals surface area contributed by atoms with Crippen LogP contribution in [0.3, 0.4) is 0 Å². The van der Waals surface area contributed by atoms with E-state index in [1.165, 1.54) is 10.9 Å². The van der Waals surface area contributed by atoms with Crippen molar-refractivity contribution < 1.29 is 9.84 Å². The Kier molecular flexibility index (Phi) is 5.16. The quantitative estimate of drug-likeness (QED) is 0.517. The summed E-state index contributed by atoms with van der Waals surface area (Å²) in [6.07, 6.45) is 1.49. The van der Waals surface area contributed by atoms with Crippen molar-refractivity contribution in [1.82, 2.24) is 14.9 Å². The van der Waals surface area contributed by atoms with Crippen LogP contribution in [0.2, 0.25) is 5.02 Å². The van der Waals surface area contributed by atoms with Gasteiger partial charge in [0.15, 0.2) is 17.3 Å². The number of H-pyrrole nitrogens is 1. The molecule has 0 aliphatic heterocycles. The van der Waals surface area contributed by atoms with Crippen molar-refractivity contribution in [1.29, 1.82) is 0 Å². The third kappa shape index (κ3) is 3.57. The molecule has 3 aromatic rings. The zero-order chi connectivity index (χ0) is 17.8. The molecule has 1 aromatic heterocycles. The number of nitrogens with zero attached hydrogens (tertiary/aromatic N) is 3. The fourth-order valence-electron chi connectivity index (χ4n) is 2.25. The number of hydrogen-bond donors (Lipinski definition) is 2. The highest BCUT2D eigenvalue weighted by Crippen LogP contribution is 2.29. The minimum atomic E-state index is 0.0161. The smallest absolute Gasteiger partial charge is 0.216 e. The highest BCUT2D eigenvalue weighted by atomic mass is 35.5. The van der Waals surface area contributed by atoms with Crippen LogP contribution in [0, 0.1) is 4.77 Å². The first kappa shape index (κ1) is 17.2. The van der Waals surface area contributed by atoms with E-state index in [1.807, 2.05) is 25.1 Å². The summed E-state index contributed by atoms with van der Waals surface area (Å²) in [5.41, 5.74) is 1.19. The molecule has 0 atom stereocenters. The van der Waals surface area contributed by atoms with Crippen molar-refractivity contribution in [3.63, 3.8) is 0 Å². The molecule has 0 amide bonds. The van der Waals surface area contributed by atoms with Gasteiger partial charge in [0.25, 0.3) is 0 Å². The monoisotopic (exact) mass is 374 g/mol. The number of aromatic nitrogens is 3. The zero-order valence-electron chi connectivity index (χ0n) is 13.3. The number of phenols is 1. The number of rotatable bonds is 5. The summed E-state index contributed by atoms with van der Waals surface area (Å²) >= 11 is 11.5. The van der Waals surface area contributed by atoms with Gasteiger partial charge in [0, 0.05) is 11.1 Å². The molecule has 8 heteroatoms. The van der Waals surface area contributed by atoms with Crippen LogP contribution in [0.15, 0.2) is 47.6 Å². The summed E-state index contributed by atoms with van der Waals surface area (Å²) in [5.74, 6) is 0.892. The van der Waals surface area contributed by atoms with Gasteiger partial charge in [0.1, 0.15) is 0 Å². The van der Waals surface area contributed by atoms with Gasteiger partial charge >= 0.3 is 0 Å². The summed E-state index contributed by atoms with van der Waals surface area (Å²) in [6.45, 7) is 2.30. The maximum atomic E-state index is 10.3. The third-order valence-electron chi connectivity index (χ3n) is 3.41. The maximum absolute atomic E-state index is 10.3. The lowest BCUT2D eigenvalue weighted by Crippen LogP contribution is -1.97. The summed E-state index contributed by atoms with van der Waals surface area (Å²) < 4.78 is 7.13. The van der Waals surface area contributed by atoms with E-state index in [1.54, 1.807) is 24.3 Å². The van der Waals surface area contributed by atoms with Crippen LogP contribution < -0.4 is 4.74 Å². The number of halogens is 1. The SMILES string of the molecule is CCOc1cccc(/C=N/n2c(-c3ccccc3Cl)n[nH]c2=S)c1O. The molecule has 1 heterocycles. The molecule has 0 spiro atoms. The van der Waals surface area contributed by atoms with Crippen molar-refractivity contribution in [3.05, 3.63) is 57.8 Å². The highest BCUT2D eigenvalue weighted by Gasteiger charge is 2.12. The lowest BCUT2D eigenvalue weighted by Gasteiger charge is -2.07. The molecule has 0 aliphatic rings. The average molecular weight is 375 g/mol. The molecule has 128 valence electrons.